The Morgan fingerprint density at radius 3 is 2.45 bits per heavy atom. The topological polar surface area (TPSA) is 57.5 Å². The van der Waals surface area contributed by atoms with Gasteiger partial charge >= 0.3 is 5.97 Å². The van der Waals surface area contributed by atoms with Gasteiger partial charge in [0.2, 0.25) is 0 Å². The Kier molecular flexibility index (Phi) is 9.00. The number of aliphatic hydroxyl groups is 1. The zero-order valence-corrected chi connectivity index (χ0v) is 7.23. The van der Waals surface area contributed by atoms with Crippen molar-refractivity contribution in [3.63, 3.8) is 0 Å². The van der Waals surface area contributed by atoms with Crippen molar-refractivity contribution < 1.29 is 15.0 Å². The van der Waals surface area contributed by atoms with E-state index in [9.17, 15) is 4.79 Å². The van der Waals surface area contributed by atoms with Gasteiger partial charge in [-0.25, -0.2) is 4.79 Å². The molecule has 0 bridgehead atoms. The molecule has 0 aromatic rings. The van der Waals surface area contributed by atoms with E-state index in [1.807, 2.05) is 0 Å². The van der Waals surface area contributed by atoms with Crippen molar-refractivity contribution in [3.8, 4) is 0 Å². The van der Waals surface area contributed by atoms with Crippen LogP contribution in [0.15, 0.2) is 11.6 Å². The van der Waals surface area contributed by atoms with Crippen LogP contribution in [0.4, 0.5) is 0 Å². The molecule has 66 valence electrons. The van der Waals surface area contributed by atoms with Crippen LogP contribution in [0.1, 0.15) is 19.8 Å². The largest absolute Gasteiger partial charge is 0.478 e. The summed E-state index contributed by atoms with van der Waals surface area (Å²) in [6.45, 7) is 1.66. The van der Waals surface area contributed by atoms with Gasteiger partial charge in [0, 0.05) is 12.2 Å². The van der Waals surface area contributed by atoms with Crippen LogP contribution in [0.3, 0.4) is 0 Å². The van der Waals surface area contributed by atoms with Crippen LogP contribution < -0.4 is 0 Å². The number of hydrogen-bond donors (Lipinski definition) is 2. The van der Waals surface area contributed by atoms with Crippen molar-refractivity contribution in [2.45, 2.75) is 19.8 Å². The summed E-state index contributed by atoms with van der Waals surface area (Å²) in [4.78, 5) is 10.2. The first-order valence-corrected chi connectivity index (χ1v) is 3.19. The lowest BCUT2D eigenvalue weighted by molar-refractivity contribution is -0.132. The molecule has 11 heavy (non-hydrogen) atoms. The van der Waals surface area contributed by atoms with Gasteiger partial charge in [0.05, 0.1) is 0 Å². The maximum atomic E-state index is 10.2. The second-order valence-electron chi connectivity index (χ2n) is 2.06. The smallest absolute Gasteiger partial charge is 0.330 e. The van der Waals surface area contributed by atoms with E-state index in [4.69, 9.17) is 10.2 Å². The molecule has 0 aromatic heterocycles. The second-order valence-corrected chi connectivity index (χ2v) is 2.06. The first-order valence-electron chi connectivity index (χ1n) is 3.19. The molecule has 0 aliphatic heterocycles. The van der Waals surface area contributed by atoms with E-state index in [1.165, 1.54) is 0 Å². The minimum absolute atomic E-state index is 0. The maximum Gasteiger partial charge on any atom is 0.330 e. The Hall–Kier alpha value is -0.540. The van der Waals surface area contributed by atoms with E-state index in [2.05, 4.69) is 0 Å². The number of carboxylic acid groups (broad SMARTS) is 1. The maximum absolute atomic E-state index is 10.2. The third kappa shape index (κ3) is 7.36. The highest BCUT2D eigenvalue weighted by atomic mass is 35.5. The molecule has 0 saturated carbocycles. The number of unbranched alkanes of at least 4 members (excludes halogenated alkanes) is 1. The minimum Gasteiger partial charge on any atom is -0.478 e. The van der Waals surface area contributed by atoms with Crippen LogP contribution >= 0.6 is 12.4 Å². The summed E-state index contributed by atoms with van der Waals surface area (Å²) >= 11 is 0. The Bertz CT molecular complexity index is 143. The molecule has 4 heteroatoms. The minimum atomic E-state index is -0.891. The number of aliphatic hydroxyl groups excluding tert-OH is 1. The van der Waals surface area contributed by atoms with Crippen LogP contribution in [-0.2, 0) is 4.79 Å². The van der Waals surface area contributed by atoms with Crippen molar-refractivity contribution in [2.24, 2.45) is 0 Å². The molecule has 0 spiro atoms. The van der Waals surface area contributed by atoms with Gasteiger partial charge in [0.15, 0.2) is 0 Å². The zero-order valence-electron chi connectivity index (χ0n) is 6.41. The summed E-state index contributed by atoms with van der Waals surface area (Å²) in [5.74, 6) is -0.891. The predicted octanol–water partition coefficient (Wildman–Crippen LogP) is 1.21. The normalized spacial score (nSPS) is 10.5. The Morgan fingerprint density at radius 2 is 2.09 bits per heavy atom. The molecule has 0 amide bonds. The molecular formula is C7H13ClO3. The molecule has 0 aliphatic rings. The van der Waals surface area contributed by atoms with Gasteiger partial charge in [-0.2, -0.15) is 0 Å². The first kappa shape index (κ1) is 13.1. The molecule has 2 N–H and O–H groups in total. The highest BCUT2D eigenvalue weighted by molar-refractivity contribution is 5.85. The van der Waals surface area contributed by atoms with E-state index in [1.54, 1.807) is 13.0 Å². The number of hydrogen-bond acceptors (Lipinski definition) is 2. The quantitative estimate of drug-likeness (QED) is 0.505. The fourth-order valence-corrected chi connectivity index (χ4v) is 0.497. The van der Waals surface area contributed by atoms with Crippen LogP contribution in [0, 0.1) is 0 Å². The molecular weight excluding hydrogens is 168 g/mol. The molecule has 0 radical (unpaired) electrons. The van der Waals surface area contributed by atoms with E-state index in [0.717, 1.165) is 0 Å². The van der Waals surface area contributed by atoms with Crippen LogP contribution in [0.5, 0.6) is 0 Å². The van der Waals surface area contributed by atoms with Gasteiger partial charge in [-0.3, -0.25) is 0 Å². The average molecular weight is 181 g/mol. The van der Waals surface area contributed by atoms with Crippen molar-refractivity contribution in [2.75, 3.05) is 6.61 Å². The number of carboxylic acids is 1. The Balaban J connectivity index is 0. The van der Waals surface area contributed by atoms with Crippen molar-refractivity contribution in [1.29, 1.82) is 0 Å². The van der Waals surface area contributed by atoms with E-state index >= 15 is 0 Å². The SMILES string of the molecule is CC(=CCCCO)C(=O)O.Cl. The van der Waals surface area contributed by atoms with Gasteiger partial charge < -0.3 is 10.2 Å². The zero-order chi connectivity index (χ0) is 7.98. The molecule has 0 saturated heterocycles. The molecule has 0 aliphatic carbocycles. The van der Waals surface area contributed by atoms with E-state index in [0.29, 0.717) is 18.4 Å². The number of allylic oxidation sites excluding steroid dienone is 1. The van der Waals surface area contributed by atoms with Crippen LogP contribution in [0.25, 0.3) is 0 Å². The molecule has 3 nitrogen and oxygen atoms in total. The van der Waals surface area contributed by atoms with E-state index < -0.39 is 5.97 Å². The molecule has 0 heterocycles. The molecule has 0 rings (SSSR count). The van der Waals surface area contributed by atoms with Gasteiger partial charge in [-0.05, 0) is 19.8 Å². The standard InChI is InChI=1S/C7H12O3.ClH/c1-6(7(9)10)4-2-3-5-8;/h4,8H,2-3,5H2,1H3,(H,9,10);1H. The van der Waals surface area contributed by atoms with Gasteiger partial charge in [-0.15, -0.1) is 12.4 Å². The van der Waals surface area contributed by atoms with Gasteiger partial charge in [-0.1, -0.05) is 6.08 Å². The second kappa shape index (κ2) is 7.57. The van der Waals surface area contributed by atoms with E-state index in [-0.39, 0.29) is 19.0 Å². The predicted molar refractivity (Wildman–Crippen MR) is 45.0 cm³/mol. The number of rotatable bonds is 4. The summed E-state index contributed by atoms with van der Waals surface area (Å²) in [6.07, 6.45) is 2.87. The molecule has 0 aromatic carbocycles. The third-order valence-corrected chi connectivity index (χ3v) is 1.15. The van der Waals surface area contributed by atoms with Crippen molar-refractivity contribution >= 4 is 18.4 Å². The third-order valence-electron chi connectivity index (χ3n) is 1.15. The fraction of sp³-hybridized carbons (Fsp3) is 0.571. The summed E-state index contributed by atoms with van der Waals surface area (Å²) in [7, 11) is 0. The summed E-state index contributed by atoms with van der Waals surface area (Å²) in [5, 5.41) is 16.7. The Morgan fingerprint density at radius 1 is 1.55 bits per heavy atom. The van der Waals surface area contributed by atoms with Crippen LogP contribution in [0.2, 0.25) is 0 Å². The van der Waals surface area contributed by atoms with Gasteiger partial charge in [0.1, 0.15) is 0 Å². The molecule has 0 unspecified atom stereocenters. The highest BCUT2D eigenvalue weighted by Gasteiger charge is 1.96. The average Bonchev–Trinajstić information content (AvgIpc) is 1.88. The lowest BCUT2D eigenvalue weighted by Crippen LogP contribution is -1.95. The summed E-state index contributed by atoms with van der Waals surface area (Å²) in [6, 6.07) is 0. The lowest BCUT2D eigenvalue weighted by Gasteiger charge is -1.91. The summed E-state index contributed by atoms with van der Waals surface area (Å²) < 4.78 is 0. The lowest BCUT2D eigenvalue weighted by atomic mass is 10.2. The van der Waals surface area contributed by atoms with Gasteiger partial charge in [0.25, 0.3) is 0 Å². The molecule has 0 fully saturated rings. The fourth-order valence-electron chi connectivity index (χ4n) is 0.497. The molecule has 0 atom stereocenters. The number of halogens is 1. The Labute approximate surface area is 72.1 Å². The summed E-state index contributed by atoms with van der Waals surface area (Å²) in [5.41, 5.74) is 0.341. The number of carbonyl (C=O) groups is 1. The monoisotopic (exact) mass is 180 g/mol. The number of aliphatic carboxylic acids is 1. The van der Waals surface area contributed by atoms with Crippen molar-refractivity contribution in [3.05, 3.63) is 11.6 Å². The highest BCUT2D eigenvalue weighted by Crippen LogP contribution is 1.97. The first-order chi connectivity index (χ1) is 4.68. The van der Waals surface area contributed by atoms with Crippen molar-refractivity contribution in [1.82, 2.24) is 0 Å². The van der Waals surface area contributed by atoms with Crippen LogP contribution in [-0.4, -0.2) is 22.8 Å².